The van der Waals surface area contributed by atoms with Gasteiger partial charge in [0.1, 0.15) is 0 Å². The molecule has 0 aromatic heterocycles. The first-order valence-electron chi connectivity index (χ1n) is 5.74. The molecular weight excluding hydrogens is 160 g/mol. The van der Waals surface area contributed by atoms with Crippen LogP contribution in [0.25, 0.3) is 0 Å². The smallest absolute Gasteiger partial charge is 0.0183 e. The zero-order valence-electron chi connectivity index (χ0n) is 8.73. The first-order valence-corrected chi connectivity index (χ1v) is 5.74. The van der Waals surface area contributed by atoms with Crippen molar-refractivity contribution in [1.82, 2.24) is 10.6 Å². The van der Waals surface area contributed by atoms with Gasteiger partial charge in [-0.15, -0.1) is 0 Å². The van der Waals surface area contributed by atoms with Crippen molar-refractivity contribution in [2.45, 2.75) is 44.1 Å². The van der Waals surface area contributed by atoms with E-state index in [9.17, 15) is 0 Å². The second kappa shape index (κ2) is 3.97. The van der Waals surface area contributed by atoms with Crippen molar-refractivity contribution in [3.05, 3.63) is 0 Å². The van der Waals surface area contributed by atoms with Gasteiger partial charge in [-0.3, -0.25) is 0 Å². The van der Waals surface area contributed by atoms with E-state index in [0.717, 1.165) is 5.92 Å². The van der Waals surface area contributed by atoms with Crippen molar-refractivity contribution in [2.24, 2.45) is 5.92 Å². The molecule has 13 heavy (non-hydrogen) atoms. The SMILES string of the molecule is CNC1(CC2CCCCNC2)CC1. The Balaban J connectivity index is 1.79. The van der Waals surface area contributed by atoms with Crippen LogP contribution in [0.5, 0.6) is 0 Å². The molecule has 0 spiro atoms. The number of nitrogens with one attached hydrogen (secondary N) is 2. The minimum Gasteiger partial charge on any atom is -0.316 e. The van der Waals surface area contributed by atoms with Crippen molar-refractivity contribution < 1.29 is 0 Å². The fourth-order valence-electron chi connectivity index (χ4n) is 2.53. The first kappa shape index (κ1) is 9.47. The van der Waals surface area contributed by atoms with Gasteiger partial charge in [-0.05, 0) is 58.2 Å². The molecule has 0 aromatic carbocycles. The average molecular weight is 182 g/mol. The normalized spacial score (nSPS) is 32.5. The zero-order valence-corrected chi connectivity index (χ0v) is 8.73. The molecule has 1 atom stereocenters. The van der Waals surface area contributed by atoms with Gasteiger partial charge in [0.15, 0.2) is 0 Å². The summed E-state index contributed by atoms with van der Waals surface area (Å²) in [5.74, 6) is 0.928. The van der Waals surface area contributed by atoms with E-state index in [1.54, 1.807) is 0 Å². The molecule has 0 bridgehead atoms. The lowest BCUT2D eigenvalue weighted by molar-refractivity contribution is 0.363. The predicted octanol–water partition coefficient (Wildman–Crippen LogP) is 1.52. The Hall–Kier alpha value is -0.0800. The first-order chi connectivity index (χ1) is 6.35. The van der Waals surface area contributed by atoms with Gasteiger partial charge in [-0.25, -0.2) is 0 Å². The Labute approximate surface area is 81.5 Å². The van der Waals surface area contributed by atoms with Crippen LogP contribution in [0, 0.1) is 5.92 Å². The summed E-state index contributed by atoms with van der Waals surface area (Å²) in [4.78, 5) is 0. The van der Waals surface area contributed by atoms with E-state index < -0.39 is 0 Å². The summed E-state index contributed by atoms with van der Waals surface area (Å²) in [6.45, 7) is 2.49. The summed E-state index contributed by atoms with van der Waals surface area (Å²) in [6, 6.07) is 0. The molecule has 1 heterocycles. The lowest BCUT2D eigenvalue weighted by Crippen LogP contribution is -2.32. The van der Waals surface area contributed by atoms with Crippen molar-refractivity contribution in [3.63, 3.8) is 0 Å². The average Bonchev–Trinajstić information content (AvgIpc) is 2.92. The fraction of sp³-hybridized carbons (Fsp3) is 1.00. The van der Waals surface area contributed by atoms with Crippen molar-refractivity contribution in [2.75, 3.05) is 20.1 Å². The molecule has 2 aliphatic rings. The highest BCUT2D eigenvalue weighted by atomic mass is 15.0. The molecule has 1 aliphatic heterocycles. The third-order valence-corrected chi connectivity index (χ3v) is 3.71. The summed E-state index contributed by atoms with van der Waals surface area (Å²) in [5.41, 5.74) is 0.552. The van der Waals surface area contributed by atoms with Gasteiger partial charge >= 0.3 is 0 Å². The quantitative estimate of drug-likeness (QED) is 0.691. The lowest BCUT2D eigenvalue weighted by atomic mass is 9.94. The largest absolute Gasteiger partial charge is 0.316 e. The summed E-state index contributed by atoms with van der Waals surface area (Å²) in [6.07, 6.45) is 8.45. The molecule has 1 saturated heterocycles. The third kappa shape index (κ3) is 2.44. The Morgan fingerprint density at radius 3 is 2.92 bits per heavy atom. The van der Waals surface area contributed by atoms with Crippen molar-refractivity contribution >= 4 is 0 Å². The maximum atomic E-state index is 3.54. The molecule has 2 fully saturated rings. The molecular formula is C11H22N2. The lowest BCUT2D eigenvalue weighted by Gasteiger charge is -2.21. The van der Waals surface area contributed by atoms with E-state index in [2.05, 4.69) is 17.7 Å². The van der Waals surface area contributed by atoms with E-state index in [1.807, 2.05) is 0 Å². The maximum absolute atomic E-state index is 3.54. The number of hydrogen-bond donors (Lipinski definition) is 2. The van der Waals surface area contributed by atoms with Gasteiger partial charge in [0.2, 0.25) is 0 Å². The van der Waals surface area contributed by atoms with Crippen LogP contribution in [0.1, 0.15) is 38.5 Å². The molecule has 0 aromatic rings. The Morgan fingerprint density at radius 2 is 2.23 bits per heavy atom. The topological polar surface area (TPSA) is 24.1 Å². The van der Waals surface area contributed by atoms with Crippen molar-refractivity contribution in [3.8, 4) is 0 Å². The van der Waals surface area contributed by atoms with Crippen LogP contribution in [-0.2, 0) is 0 Å². The van der Waals surface area contributed by atoms with Crippen LogP contribution in [0.15, 0.2) is 0 Å². The van der Waals surface area contributed by atoms with Gasteiger partial charge < -0.3 is 10.6 Å². The van der Waals surface area contributed by atoms with Crippen LogP contribution in [-0.4, -0.2) is 25.7 Å². The number of hydrogen-bond acceptors (Lipinski definition) is 2. The molecule has 0 radical (unpaired) electrons. The third-order valence-electron chi connectivity index (χ3n) is 3.71. The highest BCUT2D eigenvalue weighted by Gasteiger charge is 2.42. The van der Waals surface area contributed by atoms with Crippen LogP contribution in [0.4, 0.5) is 0 Å². The highest BCUT2D eigenvalue weighted by molar-refractivity contribution is 5.02. The van der Waals surface area contributed by atoms with Crippen LogP contribution in [0.2, 0.25) is 0 Å². The standard InChI is InChI=1S/C11H22N2/c1-12-11(5-6-11)8-10-4-2-3-7-13-9-10/h10,12-13H,2-9H2,1H3. The summed E-state index contributed by atoms with van der Waals surface area (Å²) < 4.78 is 0. The zero-order chi connectivity index (χ0) is 9.15. The highest BCUT2D eigenvalue weighted by Crippen LogP contribution is 2.41. The minimum atomic E-state index is 0.552. The van der Waals surface area contributed by atoms with E-state index >= 15 is 0 Å². The van der Waals surface area contributed by atoms with Gasteiger partial charge in [0.25, 0.3) is 0 Å². The Bertz CT molecular complexity index is 155. The van der Waals surface area contributed by atoms with Gasteiger partial charge in [0.05, 0.1) is 0 Å². The Morgan fingerprint density at radius 1 is 1.38 bits per heavy atom. The summed E-state index contributed by atoms with van der Waals surface area (Å²) >= 11 is 0. The van der Waals surface area contributed by atoms with E-state index in [4.69, 9.17) is 0 Å². The predicted molar refractivity (Wildman–Crippen MR) is 55.9 cm³/mol. The molecule has 1 aliphatic carbocycles. The van der Waals surface area contributed by atoms with Gasteiger partial charge in [-0.1, -0.05) is 6.42 Å². The fourth-order valence-corrected chi connectivity index (χ4v) is 2.53. The molecule has 2 heteroatoms. The van der Waals surface area contributed by atoms with E-state index in [1.165, 1.54) is 51.6 Å². The van der Waals surface area contributed by atoms with Crippen LogP contribution in [0.3, 0.4) is 0 Å². The monoisotopic (exact) mass is 182 g/mol. The maximum Gasteiger partial charge on any atom is 0.0183 e. The van der Waals surface area contributed by atoms with Gasteiger partial charge in [0, 0.05) is 5.54 Å². The molecule has 2 rings (SSSR count). The summed E-state index contributed by atoms with van der Waals surface area (Å²) in [5, 5.41) is 7.04. The molecule has 2 nitrogen and oxygen atoms in total. The second-order valence-electron chi connectivity index (χ2n) is 4.80. The minimum absolute atomic E-state index is 0.552. The van der Waals surface area contributed by atoms with Crippen LogP contribution >= 0.6 is 0 Å². The van der Waals surface area contributed by atoms with Crippen molar-refractivity contribution in [1.29, 1.82) is 0 Å². The molecule has 1 saturated carbocycles. The molecule has 76 valence electrons. The Kier molecular flexibility index (Phi) is 2.89. The van der Waals surface area contributed by atoms with E-state index in [0.29, 0.717) is 5.54 Å². The van der Waals surface area contributed by atoms with E-state index in [-0.39, 0.29) is 0 Å². The van der Waals surface area contributed by atoms with Gasteiger partial charge in [-0.2, -0.15) is 0 Å². The van der Waals surface area contributed by atoms with Crippen LogP contribution < -0.4 is 10.6 Å². The molecule has 2 N–H and O–H groups in total. The second-order valence-corrected chi connectivity index (χ2v) is 4.80. The summed E-state index contributed by atoms with van der Waals surface area (Å²) in [7, 11) is 2.12. The number of rotatable bonds is 3. The molecule has 1 unspecified atom stereocenters. The molecule has 0 amide bonds.